The third kappa shape index (κ3) is 11.4. The van der Waals surface area contributed by atoms with Crippen LogP contribution in [0.15, 0.2) is 48.5 Å². The minimum absolute atomic E-state index is 0.0124. The maximum absolute atomic E-state index is 12.1. The van der Waals surface area contributed by atoms with Gasteiger partial charge >= 0.3 is 0 Å². The molecule has 4 nitrogen and oxygen atoms in total. The predicted octanol–water partition coefficient (Wildman–Crippen LogP) is 7.23. The van der Waals surface area contributed by atoms with E-state index in [2.05, 4.69) is 10.6 Å². The van der Waals surface area contributed by atoms with Gasteiger partial charge in [-0.05, 0) is 48.2 Å². The molecule has 2 amide bonds. The summed E-state index contributed by atoms with van der Waals surface area (Å²) in [6.45, 7) is 1.46. The molecule has 2 N–H and O–H groups in total. The van der Waals surface area contributed by atoms with Crippen LogP contribution in [0.5, 0.6) is 0 Å². The van der Waals surface area contributed by atoms with E-state index in [1.807, 2.05) is 48.5 Å². The van der Waals surface area contributed by atoms with E-state index in [0.717, 1.165) is 49.9 Å². The van der Waals surface area contributed by atoms with Gasteiger partial charge in [0.1, 0.15) is 0 Å². The van der Waals surface area contributed by atoms with Crippen molar-refractivity contribution in [1.29, 1.82) is 0 Å². The van der Waals surface area contributed by atoms with Crippen LogP contribution in [0.4, 0.5) is 0 Å². The minimum atomic E-state index is -0.0124. The molecule has 0 saturated heterocycles. The van der Waals surface area contributed by atoms with Crippen molar-refractivity contribution in [2.24, 2.45) is 0 Å². The lowest BCUT2D eigenvalue weighted by Gasteiger charge is -2.07. The first-order chi connectivity index (χ1) is 16.6. The summed E-state index contributed by atoms with van der Waals surface area (Å²) in [5, 5.41) is 5.98. The van der Waals surface area contributed by atoms with E-state index in [1.165, 1.54) is 38.5 Å². The Morgan fingerprint density at radius 1 is 0.500 bits per heavy atom. The Kier molecular flexibility index (Phi) is 14.4. The molecule has 0 spiro atoms. The number of hydrogen-bond acceptors (Lipinski definition) is 2. The van der Waals surface area contributed by atoms with Crippen LogP contribution in [0.1, 0.15) is 96.1 Å². The number of nitrogens with one attached hydrogen (secondary N) is 2. The fourth-order valence-corrected chi connectivity index (χ4v) is 4.12. The van der Waals surface area contributed by atoms with Gasteiger partial charge in [0, 0.05) is 36.0 Å². The summed E-state index contributed by atoms with van der Waals surface area (Å²) in [6, 6.07) is 14.9. The van der Waals surface area contributed by atoms with Crippen molar-refractivity contribution >= 4 is 35.0 Å². The number of rotatable bonds is 17. The normalized spacial score (nSPS) is 10.8. The van der Waals surface area contributed by atoms with Crippen LogP contribution in [-0.4, -0.2) is 24.9 Å². The van der Waals surface area contributed by atoms with Gasteiger partial charge in [-0.25, -0.2) is 0 Å². The van der Waals surface area contributed by atoms with Gasteiger partial charge < -0.3 is 10.6 Å². The standard InChI is InChI=1S/C28H38Cl2N2O2/c29-21-23-11-15-25(16-12-23)27(33)31-19-9-7-5-3-1-2-4-6-8-10-20-32-28(34)26-17-13-24(22-30)14-18-26/h11-18H,1-10,19-22H2,(H,31,33)(H,32,34). The molecule has 0 aromatic heterocycles. The van der Waals surface area contributed by atoms with Crippen molar-refractivity contribution in [1.82, 2.24) is 10.6 Å². The summed E-state index contributed by atoms with van der Waals surface area (Å²) in [6.07, 6.45) is 11.8. The highest BCUT2D eigenvalue weighted by atomic mass is 35.5. The molecule has 0 aliphatic heterocycles. The summed E-state index contributed by atoms with van der Waals surface area (Å²) in [5.74, 6) is 0.907. The smallest absolute Gasteiger partial charge is 0.251 e. The molecular formula is C28H38Cl2N2O2. The van der Waals surface area contributed by atoms with Gasteiger partial charge in [-0.1, -0.05) is 75.6 Å². The maximum atomic E-state index is 12.1. The van der Waals surface area contributed by atoms with Crippen molar-refractivity contribution in [3.8, 4) is 0 Å². The van der Waals surface area contributed by atoms with Crippen molar-refractivity contribution in [3.05, 3.63) is 70.8 Å². The first-order valence-electron chi connectivity index (χ1n) is 12.5. The van der Waals surface area contributed by atoms with Gasteiger partial charge in [0.25, 0.3) is 11.8 Å². The van der Waals surface area contributed by atoms with Crippen LogP contribution in [0.2, 0.25) is 0 Å². The third-order valence-corrected chi connectivity index (χ3v) is 6.53. The lowest BCUT2D eigenvalue weighted by molar-refractivity contribution is 0.0944. The summed E-state index contributed by atoms with van der Waals surface area (Å²) < 4.78 is 0. The molecule has 2 aromatic carbocycles. The molecule has 0 aliphatic carbocycles. The molecule has 0 unspecified atom stereocenters. The van der Waals surface area contributed by atoms with Gasteiger partial charge in [-0.3, -0.25) is 9.59 Å². The number of unbranched alkanes of at least 4 members (excludes halogenated alkanes) is 9. The predicted molar refractivity (Wildman–Crippen MR) is 143 cm³/mol. The third-order valence-electron chi connectivity index (χ3n) is 5.92. The van der Waals surface area contributed by atoms with E-state index in [1.54, 1.807) is 0 Å². The zero-order valence-corrected chi connectivity index (χ0v) is 21.6. The van der Waals surface area contributed by atoms with Crippen LogP contribution in [0.3, 0.4) is 0 Å². The molecule has 0 aliphatic rings. The average Bonchev–Trinajstić information content (AvgIpc) is 2.88. The molecule has 0 fully saturated rings. The first-order valence-corrected chi connectivity index (χ1v) is 13.6. The Balaban J connectivity index is 1.36. The van der Waals surface area contributed by atoms with Crippen LogP contribution < -0.4 is 10.6 Å². The second kappa shape index (κ2) is 17.4. The molecule has 2 aromatic rings. The number of carbonyl (C=O) groups excluding carboxylic acids is 2. The highest BCUT2D eigenvalue weighted by Crippen LogP contribution is 2.11. The SMILES string of the molecule is O=C(NCCCCCCCCCCCCNC(=O)c1ccc(CCl)cc1)c1ccc(CCl)cc1. The molecule has 0 atom stereocenters. The molecule has 0 heterocycles. The number of hydrogen-bond donors (Lipinski definition) is 2. The average molecular weight is 506 g/mol. The Hall–Kier alpha value is -2.04. The van der Waals surface area contributed by atoms with Crippen LogP contribution in [0.25, 0.3) is 0 Å². The minimum Gasteiger partial charge on any atom is -0.352 e. The Morgan fingerprint density at radius 3 is 1.09 bits per heavy atom. The highest BCUT2D eigenvalue weighted by molar-refractivity contribution is 6.17. The van der Waals surface area contributed by atoms with Crippen molar-refractivity contribution in [3.63, 3.8) is 0 Å². The molecule has 34 heavy (non-hydrogen) atoms. The number of benzene rings is 2. The van der Waals surface area contributed by atoms with Gasteiger partial charge in [0.15, 0.2) is 0 Å². The number of alkyl halides is 2. The van der Waals surface area contributed by atoms with Crippen LogP contribution in [-0.2, 0) is 11.8 Å². The summed E-state index contributed by atoms with van der Waals surface area (Å²) >= 11 is 11.5. The lowest BCUT2D eigenvalue weighted by atomic mass is 10.1. The van der Waals surface area contributed by atoms with E-state index >= 15 is 0 Å². The highest BCUT2D eigenvalue weighted by Gasteiger charge is 2.05. The lowest BCUT2D eigenvalue weighted by Crippen LogP contribution is -2.24. The van der Waals surface area contributed by atoms with Crippen LogP contribution >= 0.6 is 23.2 Å². The van der Waals surface area contributed by atoms with E-state index in [0.29, 0.717) is 22.9 Å². The quantitative estimate of drug-likeness (QED) is 0.176. The zero-order valence-electron chi connectivity index (χ0n) is 20.1. The summed E-state index contributed by atoms with van der Waals surface area (Å²) in [5.41, 5.74) is 3.42. The summed E-state index contributed by atoms with van der Waals surface area (Å²) in [4.78, 5) is 24.2. The van der Waals surface area contributed by atoms with E-state index in [9.17, 15) is 9.59 Å². The molecule has 186 valence electrons. The maximum Gasteiger partial charge on any atom is 0.251 e. The van der Waals surface area contributed by atoms with Gasteiger partial charge in [-0.15, -0.1) is 23.2 Å². The van der Waals surface area contributed by atoms with Crippen LogP contribution in [0, 0.1) is 0 Å². The number of halogens is 2. The summed E-state index contributed by atoms with van der Waals surface area (Å²) in [7, 11) is 0. The van der Waals surface area contributed by atoms with Gasteiger partial charge in [0.05, 0.1) is 0 Å². The second-order valence-electron chi connectivity index (χ2n) is 8.71. The second-order valence-corrected chi connectivity index (χ2v) is 9.24. The van der Waals surface area contributed by atoms with Crippen molar-refractivity contribution < 1.29 is 9.59 Å². The first kappa shape index (κ1) is 28.2. The largest absolute Gasteiger partial charge is 0.352 e. The number of carbonyl (C=O) groups is 2. The van der Waals surface area contributed by atoms with Crippen molar-refractivity contribution in [2.75, 3.05) is 13.1 Å². The molecule has 0 radical (unpaired) electrons. The van der Waals surface area contributed by atoms with E-state index in [-0.39, 0.29) is 11.8 Å². The molecule has 0 bridgehead atoms. The Labute approximate surface area is 214 Å². The fourth-order valence-electron chi connectivity index (χ4n) is 3.76. The van der Waals surface area contributed by atoms with E-state index in [4.69, 9.17) is 23.2 Å². The molecule has 6 heteroatoms. The zero-order chi connectivity index (χ0) is 24.4. The monoisotopic (exact) mass is 504 g/mol. The van der Waals surface area contributed by atoms with Gasteiger partial charge in [-0.2, -0.15) is 0 Å². The molecular weight excluding hydrogens is 467 g/mol. The molecule has 0 saturated carbocycles. The molecule has 2 rings (SSSR count). The Bertz CT molecular complexity index is 767. The van der Waals surface area contributed by atoms with E-state index < -0.39 is 0 Å². The fraction of sp³-hybridized carbons (Fsp3) is 0.500. The topological polar surface area (TPSA) is 58.2 Å². The number of amides is 2. The van der Waals surface area contributed by atoms with Crippen molar-refractivity contribution in [2.45, 2.75) is 76.0 Å². The Morgan fingerprint density at radius 2 is 0.794 bits per heavy atom. The van der Waals surface area contributed by atoms with Gasteiger partial charge in [0.2, 0.25) is 0 Å².